The first-order valence-corrected chi connectivity index (χ1v) is 9.43. The van der Waals surface area contributed by atoms with Crippen LogP contribution in [0.1, 0.15) is 10.4 Å². The van der Waals surface area contributed by atoms with Crippen LogP contribution in [0.25, 0.3) is 0 Å². The van der Waals surface area contributed by atoms with E-state index in [0.29, 0.717) is 17.3 Å². The zero-order valence-electron chi connectivity index (χ0n) is 11.0. The Morgan fingerprint density at radius 2 is 1.86 bits per heavy atom. The van der Waals surface area contributed by atoms with Gasteiger partial charge in [0, 0.05) is 23.5 Å². The monoisotopic (exact) mass is 339 g/mol. The first-order valence-electron chi connectivity index (χ1n) is 6.23. The van der Waals surface area contributed by atoms with Crippen LogP contribution in [-0.2, 0) is 23.1 Å². The second-order valence-corrected chi connectivity index (χ2v) is 8.56. The lowest BCUT2D eigenvalue weighted by Gasteiger charge is -2.20. The summed E-state index contributed by atoms with van der Waals surface area (Å²) in [5.74, 6) is 0. The predicted octanol–water partition coefficient (Wildman–Crippen LogP) is 3.79. The average molecular weight is 339 g/mol. The molecule has 3 aromatic rings. The van der Waals surface area contributed by atoms with Crippen LogP contribution in [0, 0.1) is 0 Å². The number of nitrogens with zero attached hydrogens (tertiary/aromatic N) is 1. The van der Waals surface area contributed by atoms with Crippen LogP contribution in [0.3, 0.4) is 0 Å². The van der Waals surface area contributed by atoms with Crippen LogP contribution in [0.15, 0.2) is 62.2 Å². The van der Waals surface area contributed by atoms with Gasteiger partial charge in [-0.3, -0.25) is 0 Å². The number of hydrogen-bond acceptors (Lipinski definition) is 5. The van der Waals surface area contributed by atoms with Gasteiger partial charge in [0.15, 0.2) is 0 Å². The summed E-state index contributed by atoms with van der Waals surface area (Å²) in [7, 11) is -3.49. The Hall–Kier alpha value is -1.41. The molecule has 4 nitrogen and oxygen atoms in total. The second-order valence-electron chi connectivity index (χ2n) is 4.42. The molecule has 0 aliphatic heterocycles. The summed E-state index contributed by atoms with van der Waals surface area (Å²) in [5.41, 5.74) is 0.840. The summed E-state index contributed by atoms with van der Waals surface area (Å²) >= 11 is 2.78. The molecule has 0 aliphatic carbocycles. The number of hydrogen-bond donors (Lipinski definition) is 0. The summed E-state index contributed by atoms with van der Waals surface area (Å²) in [4.78, 5) is 1.01. The summed E-state index contributed by atoms with van der Waals surface area (Å²) in [5, 5.41) is 3.72. The molecule has 0 amide bonds. The average Bonchev–Trinajstić information content (AvgIpc) is 3.22. The minimum Gasteiger partial charge on any atom is -0.472 e. The fourth-order valence-corrected chi connectivity index (χ4v) is 5.28. The van der Waals surface area contributed by atoms with Crippen molar-refractivity contribution in [3.8, 4) is 0 Å². The van der Waals surface area contributed by atoms with Crippen molar-refractivity contribution in [2.45, 2.75) is 17.3 Å². The van der Waals surface area contributed by atoms with E-state index < -0.39 is 10.0 Å². The van der Waals surface area contributed by atoms with Gasteiger partial charge in [0.2, 0.25) is 0 Å². The van der Waals surface area contributed by atoms with E-state index in [9.17, 15) is 8.42 Å². The first kappa shape index (κ1) is 14.5. The van der Waals surface area contributed by atoms with Crippen molar-refractivity contribution in [2.75, 3.05) is 0 Å². The van der Waals surface area contributed by atoms with Crippen LogP contribution in [0.4, 0.5) is 0 Å². The Kier molecular flexibility index (Phi) is 4.25. The highest BCUT2D eigenvalue weighted by Crippen LogP contribution is 2.25. The van der Waals surface area contributed by atoms with Crippen molar-refractivity contribution < 1.29 is 12.8 Å². The Morgan fingerprint density at radius 3 is 2.48 bits per heavy atom. The highest BCUT2D eigenvalue weighted by atomic mass is 32.2. The van der Waals surface area contributed by atoms with Crippen molar-refractivity contribution in [2.24, 2.45) is 0 Å². The molecule has 7 heteroatoms. The predicted molar refractivity (Wildman–Crippen MR) is 83.8 cm³/mol. The molecule has 3 rings (SSSR count). The van der Waals surface area contributed by atoms with Gasteiger partial charge in [0.1, 0.15) is 4.21 Å². The Bertz CT molecular complexity index is 723. The largest absolute Gasteiger partial charge is 0.472 e. The van der Waals surface area contributed by atoms with Gasteiger partial charge in [-0.15, -0.1) is 22.7 Å². The van der Waals surface area contributed by atoms with E-state index in [1.807, 2.05) is 17.5 Å². The Morgan fingerprint density at radius 1 is 1.05 bits per heavy atom. The highest BCUT2D eigenvalue weighted by Gasteiger charge is 2.26. The molecular formula is C14H13NO3S3. The summed E-state index contributed by atoms with van der Waals surface area (Å²) in [6, 6.07) is 9.03. The lowest BCUT2D eigenvalue weighted by Crippen LogP contribution is -2.29. The lowest BCUT2D eigenvalue weighted by molar-refractivity contribution is 0.403. The zero-order chi connectivity index (χ0) is 14.7. The maximum absolute atomic E-state index is 12.8. The van der Waals surface area contributed by atoms with Crippen LogP contribution < -0.4 is 0 Å². The molecule has 0 bridgehead atoms. The van der Waals surface area contributed by atoms with Crippen molar-refractivity contribution in [3.05, 3.63) is 64.1 Å². The van der Waals surface area contributed by atoms with E-state index in [4.69, 9.17) is 4.42 Å². The Balaban J connectivity index is 1.91. The van der Waals surface area contributed by atoms with E-state index in [2.05, 4.69) is 0 Å². The van der Waals surface area contributed by atoms with Gasteiger partial charge >= 0.3 is 0 Å². The van der Waals surface area contributed by atoms with E-state index in [-0.39, 0.29) is 0 Å². The molecule has 3 aromatic heterocycles. The molecule has 0 aromatic carbocycles. The van der Waals surface area contributed by atoms with E-state index >= 15 is 0 Å². The van der Waals surface area contributed by atoms with Gasteiger partial charge in [0.05, 0.1) is 12.5 Å². The van der Waals surface area contributed by atoms with E-state index in [1.165, 1.54) is 15.6 Å². The third-order valence-corrected chi connectivity index (χ3v) is 6.97. The third kappa shape index (κ3) is 3.26. The fourth-order valence-electron chi connectivity index (χ4n) is 1.93. The molecule has 0 fully saturated rings. The number of thiophene rings is 2. The molecule has 0 saturated carbocycles. The lowest BCUT2D eigenvalue weighted by atomic mass is 10.3. The van der Waals surface area contributed by atoms with Crippen LogP contribution in [0.2, 0.25) is 0 Å². The molecule has 0 aliphatic rings. The molecule has 0 atom stereocenters. The van der Waals surface area contributed by atoms with E-state index in [0.717, 1.165) is 10.4 Å². The standard InChI is InChI=1S/C14H13NO3S3/c16-21(17,14-4-2-8-20-14)15(9-12-5-6-18-11-12)10-13-3-1-7-19-13/h1-8,11H,9-10H2. The Labute approximate surface area is 131 Å². The maximum Gasteiger partial charge on any atom is 0.253 e. The van der Waals surface area contributed by atoms with Gasteiger partial charge in [-0.2, -0.15) is 4.31 Å². The van der Waals surface area contributed by atoms with Crippen molar-refractivity contribution >= 4 is 32.7 Å². The molecule has 3 heterocycles. The summed E-state index contributed by atoms with van der Waals surface area (Å²) in [6.45, 7) is 0.664. The fraction of sp³-hybridized carbons (Fsp3) is 0.143. The van der Waals surface area contributed by atoms with Crippen LogP contribution in [-0.4, -0.2) is 12.7 Å². The number of sulfonamides is 1. The molecule has 0 saturated heterocycles. The molecule has 0 radical (unpaired) electrons. The number of furan rings is 1. The first-order chi connectivity index (χ1) is 10.2. The van der Waals surface area contributed by atoms with Crippen LogP contribution >= 0.6 is 22.7 Å². The summed E-state index contributed by atoms with van der Waals surface area (Å²) in [6.07, 6.45) is 3.13. The van der Waals surface area contributed by atoms with E-state index in [1.54, 1.807) is 47.4 Å². The second kappa shape index (κ2) is 6.15. The topological polar surface area (TPSA) is 50.5 Å². The molecular weight excluding hydrogens is 326 g/mol. The normalized spacial score (nSPS) is 12.0. The third-order valence-electron chi connectivity index (χ3n) is 2.94. The summed E-state index contributed by atoms with van der Waals surface area (Å²) < 4.78 is 32.4. The van der Waals surface area contributed by atoms with Crippen molar-refractivity contribution in [1.82, 2.24) is 4.31 Å². The van der Waals surface area contributed by atoms with Gasteiger partial charge in [-0.1, -0.05) is 12.1 Å². The minimum absolute atomic E-state index is 0.300. The van der Waals surface area contributed by atoms with Gasteiger partial charge in [-0.25, -0.2) is 8.42 Å². The van der Waals surface area contributed by atoms with Gasteiger partial charge in [-0.05, 0) is 29.0 Å². The molecule has 0 spiro atoms. The van der Waals surface area contributed by atoms with Crippen molar-refractivity contribution in [3.63, 3.8) is 0 Å². The zero-order valence-corrected chi connectivity index (χ0v) is 13.5. The SMILES string of the molecule is O=S(=O)(c1cccs1)N(Cc1ccoc1)Cc1cccs1. The highest BCUT2D eigenvalue weighted by molar-refractivity contribution is 7.91. The van der Waals surface area contributed by atoms with Crippen LogP contribution in [0.5, 0.6) is 0 Å². The molecule has 21 heavy (non-hydrogen) atoms. The molecule has 0 N–H and O–H groups in total. The quantitative estimate of drug-likeness (QED) is 0.686. The van der Waals surface area contributed by atoms with Crippen molar-refractivity contribution in [1.29, 1.82) is 0 Å². The maximum atomic E-state index is 12.8. The number of rotatable bonds is 6. The van der Waals surface area contributed by atoms with Gasteiger partial charge in [0.25, 0.3) is 10.0 Å². The van der Waals surface area contributed by atoms with Gasteiger partial charge < -0.3 is 4.42 Å². The molecule has 110 valence electrons. The molecule has 0 unspecified atom stereocenters. The smallest absolute Gasteiger partial charge is 0.253 e. The minimum atomic E-state index is -3.49.